The van der Waals surface area contributed by atoms with Gasteiger partial charge >= 0.3 is 0 Å². The Balaban J connectivity index is 1.43. The van der Waals surface area contributed by atoms with Crippen LogP contribution in [0, 0.1) is 5.41 Å². The summed E-state index contributed by atoms with van der Waals surface area (Å²) in [6.07, 6.45) is 5.51. The van der Waals surface area contributed by atoms with Crippen LogP contribution >= 0.6 is 22.9 Å². The lowest BCUT2D eigenvalue weighted by Crippen LogP contribution is -2.45. The van der Waals surface area contributed by atoms with Gasteiger partial charge in [0.2, 0.25) is 5.91 Å². The van der Waals surface area contributed by atoms with Gasteiger partial charge in [-0.05, 0) is 37.8 Å². The molecular weight excluding hydrogens is 544 g/mol. The molecule has 3 atom stereocenters. The van der Waals surface area contributed by atoms with Crippen LogP contribution in [0.1, 0.15) is 57.7 Å². The molecule has 1 aliphatic rings. The maximum atomic E-state index is 13.4. The number of hydrogen-bond donors (Lipinski definition) is 6. The fourth-order valence-electron chi connectivity index (χ4n) is 4.46. The summed E-state index contributed by atoms with van der Waals surface area (Å²) in [5.41, 5.74) is 12.5. The Hall–Kier alpha value is -3.75. The highest BCUT2D eigenvalue weighted by molar-refractivity contribution is 7.09. The average Bonchev–Trinajstić information content (AvgIpc) is 3.64. The second kappa shape index (κ2) is 12.4. The predicted octanol–water partition coefficient (Wildman–Crippen LogP) is 0.856. The molecule has 0 spiro atoms. The Kier molecular flexibility index (Phi) is 8.99. The van der Waals surface area contributed by atoms with Crippen molar-refractivity contribution in [2.24, 2.45) is 11.5 Å². The summed E-state index contributed by atoms with van der Waals surface area (Å²) in [7, 11) is 1.51. The summed E-state index contributed by atoms with van der Waals surface area (Å²) in [5, 5.41) is 17.9. The lowest BCUT2D eigenvalue weighted by molar-refractivity contribution is -0.122. The first kappa shape index (κ1) is 28.3. The normalized spacial score (nSPS) is 17.7. The van der Waals surface area contributed by atoms with Crippen molar-refractivity contribution in [1.29, 1.82) is 5.41 Å². The number of guanidine groups is 1. The van der Waals surface area contributed by atoms with E-state index < -0.39 is 18.0 Å². The molecule has 0 aliphatic carbocycles. The lowest BCUT2D eigenvalue weighted by Gasteiger charge is -2.22. The zero-order valence-corrected chi connectivity index (χ0v) is 22.9. The molecule has 4 heterocycles. The number of unbranched alkanes of at least 4 members (excludes halogenated alkanes) is 1. The molecule has 0 saturated carbocycles. The van der Waals surface area contributed by atoms with Gasteiger partial charge in [-0.15, -0.1) is 11.3 Å². The van der Waals surface area contributed by atoms with E-state index in [4.69, 9.17) is 28.5 Å². The van der Waals surface area contributed by atoms with E-state index in [-0.39, 0.29) is 35.2 Å². The van der Waals surface area contributed by atoms with Crippen LogP contribution in [0.4, 0.5) is 0 Å². The van der Waals surface area contributed by atoms with Crippen LogP contribution in [-0.4, -0.2) is 75.2 Å². The number of thiazole rings is 1. The van der Waals surface area contributed by atoms with Crippen molar-refractivity contribution in [3.63, 3.8) is 0 Å². The van der Waals surface area contributed by atoms with Gasteiger partial charge in [0, 0.05) is 44.0 Å². The van der Waals surface area contributed by atoms with E-state index in [1.54, 1.807) is 39.2 Å². The van der Waals surface area contributed by atoms with Gasteiger partial charge in [0.15, 0.2) is 5.96 Å². The molecule has 8 N–H and O–H groups in total. The van der Waals surface area contributed by atoms with Crippen LogP contribution in [-0.2, 0) is 4.79 Å². The summed E-state index contributed by atoms with van der Waals surface area (Å²) in [6, 6.07) is 2.03. The van der Waals surface area contributed by atoms with E-state index in [0.29, 0.717) is 54.5 Å². The molecule has 208 valence electrons. The van der Waals surface area contributed by atoms with Crippen LogP contribution in [0.5, 0.6) is 0 Å². The number of likely N-dealkylation sites (N-methyl/N-ethyl adjacent to an activating group) is 1. The number of amides is 3. The van der Waals surface area contributed by atoms with Crippen molar-refractivity contribution in [2.75, 3.05) is 20.1 Å². The van der Waals surface area contributed by atoms with Gasteiger partial charge in [0.25, 0.3) is 11.8 Å². The molecule has 13 nitrogen and oxygen atoms in total. The summed E-state index contributed by atoms with van der Waals surface area (Å²) >= 11 is 7.32. The SMILES string of the molecule is CNC(=O)C(CCCCNC(=N)N)NC(=O)c1csc([C@@H]2C[C@H](N)CN2C(=O)c2cn3cc(Cl)ccc3n2)n1. The van der Waals surface area contributed by atoms with Crippen molar-refractivity contribution in [1.82, 2.24) is 35.2 Å². The molecule has 3 amide bonds. The first-order chi connectivity index (χ1) is 18.7. The third-order valence-electron chi connectivity index (χ3n) is 6.37. The van der Waals surface area contributed by atoms with Crippen molar-refractivity contribution < 1.29 is 14.4 Å². The number of carbonyl (C=O) groups is 3. The number of hydrogen-bond acceptors (Lipinski definition) is 8. The minimum Gasteiger partial charge on any atom is -0.370 e. The second-order valence-electron chi connectivity index (χ2n) is 9.26. The van der Waals surface area contributed by atoms with Crippen molar-refractivity contribution in [2.45, 2.75) is 43.8 Å². The fraction of sp³-hybridized carbons (Fsp3) is 0.417. The van der Waals surface area contributed by atoms with Gasteiger partial charge in [0.05, 0.1) is 11.1 Å². The highest BCUT2D eigenvalue weighted by Crippen LogP contribution is 2.34. The van der Waals surface area contributed by atoms with Gasteiger partial charge in [-0.3, -0.25) is 19.8 Å². The zero-order valence-electron chi connectivity index (χ0n) is 21.3. The number of nitrogens with zero attached hydrogens (tertiary/aromatic N) is 4. The molecule has 1 unspecified atom stereocenters. The number of pyridine rings is 1. The Bertz CT molecular complexity index is 1380. The number of fused-ring (bicyclic) bond motifs is 1. The number of halogens is 1. The third-order valence-corrected chi connectivity index (χ3v) is 7.54. The summed E-state index contributed by atoms with van der Waals surface area (Å²) in [4.78, 5) is 49.3. The van der Waals surface area contributed by atoms with Crippen LogP contribution in [0.3, 0.4) is 0 Å². The summed E-state index contributed by atoms with van der Waals surface area (Å²) in [6.45, 7) is 0.830. The van der Waals surface area contributed by atoms with E-state index in [1.165, 1.54) is 18.4 Å². The minimum atomic E-state index is -0.744. The standard InChI is InChI=1S/C24H31ClN10O3S/c1-29-20(36)15(4-2-3-7-30-24(27)28)32-21(37)17-12-39-22(33-17)18-8-14(26)10-35(18)23(38)16-11-34-9-13(25)5-6-19(34)31-16/h5-6,9,11-12,14-15,18H,2-4,7-8,10,26H2,1H3,(H,29,36)(H,32,37)(H4,27,28,30)/t14-,15?,18-/m0/s1. The molecule has 3 aromatic rings. The molecule has 0 radical (unpaired) electrons. The molecule has 1 aliphatic heterocycles. The molecule has 15 heteroatoms. The third kappa shape index (κ3) is 6.82. The van der Waals surface area contributed by atoms with Crippen LogP contribution in [0.2, 0.25) is 5.02 Å². The Labute approximate surface area is 233 Å². The maximum Gasteiger partial charge on any atom is 0.274 e. The lowest BCUT2D eigenvalue weighted by atomic mass is 10.1. The molecule has 1 saturated heterocycles. The summed E-state index contributed by atoms with van der Waals surface area (Å²) in [5.74, 6) is -1.19. The Morgan fingerprint density at radius 1 is 1.23 bits per heavy atom. The first-order valence-electron chi connectivity index (χ1n) is 12.4. The highest BCUT2D eigenvalue weighted by Gasteiger charge is 2.38. The number of likely N-dealkylation sites (tertiary alicyclic amines) is 1. The number of imidazole rings is 1. The van der Waals surface area contributed by atoms with Crippen molar-refractivity contribution >= 4 is 52.3 Å². The Morgan fingerprint density at radius 2 is 2.03 bits per heavy atom. The van der Waals surface area contributed by atoms with Crippen LogP contribution < -0.4 is 27.4 Å². The maximum absolute atomic E-state index is 13.4. The van der Waals surface area contributed by atoms with Gasteiger partial charge < -0.3 is 36.7 Å². The number of nitrogens with two attached hydrogens (primary N) is 2. The van der Waals surface area contributed by atoms with E-state index >= 15 is 0 Å². The van der Waals surface area contributed by atoms with E-state index in [9.17, 15) is 14.4 Å². The smallest absolute Gasteiger partial charge is 0.274 e. The topological polar surface area (TPSA) is 197 Å². The van der Waals surface area contributed by atoms with Gasteiger partial charge in [-0.1, -0.05) is 11.6 Å². The Morgan fingerprint density at radius 3 is 2.77 bits per heavy atom. The minimum absolute atomic E-state index is 0.114. The van der Waals surface area contributed by atoms with Crippen molar-refractivity contribution in [3.8, 4) is 0 Å². The van der Waals surface area contributed by atoms with Crippen LogP contribution in [0.25, 0.3) is 5.65 Å². The monoisotopic (exact) mass is 574 g/mol. The number of carbonyl (C=O) groups excluding carboxylic acids is 3. The molecule has 0 aromatic carbocycles. The van der Waals surface area contributed by atoms with E-state index in [1.807, 2.05) is 0 Å². The van der Waals surface area contributed by atoms with E-state index in [0.717, 1.165) is 0 Å². The highest BCUT2D eigenvalue weighted by atomic mass is 35.5. The number of aromatic nitrogens is 3. The second-order valence-corrected chi connectivity index (χ2v) is 10.6. The van der Waals surface area contributed by atoms with Gasteiger partial charge in [-0.2, -0.15) is 0 Å². The first-order valence-corrected chi connectivity index (χ1v) is 13.7. The van der Waals surface area contributed by atoms with Crippen molar-refractivity contribution in [3.05, 3.63) is 51.3 Å². The predicted molar refractivity (Wildman–Crippen MR) is 148 cm³/mol. The zero-order chi connectivity index (χ0) is 28.1. The molecule has 0 bridgehead atoms. The molecule has 4 rings (SSSR count). The summed E-state index contributed by atoms with van der Waals surface area (Å²) < 4.78 is 1.69. The quantitative estimate of drug-likeness (QED) is 0.116. The van der Waals surface area contributed by atoms with Crippen LogP contribution in [0.15, 0.2) is 29.9 Å². The van der Waals surface area contributed by atoms with Gasteiger partial charge in [-0.25, -0.2) is 9.97 Å². The number of nitrogens with one attached hydrogen (secondary N) is 4. The molecule has 1 fully saturated rings. The van der Waals surface area contributed by atoms with E-state index in [2.05, 4.69) is 25.9 Å². The number of rotatable bonds is 10. The fourth-order valence-corrected chi connectivity index (χ4v) is 5.55. The molecular formula is C24H31ClN10O3S. The average molecular weight is 575 g/mol. The molecule has 39 heavy (non-hydrogen) atoms. The van der Waals surface area contributed by atoms with Gasteiger partial charge in [0.1, 0.15) is 28.1 Å². The largest absolute Gasteiger partial charge is 0.370 e. The molecule has 3 aromatic heterocycles.